The molecule has 2 heterocycles. The number of nitrogens with zero attached hydrogens (tertiary/aromatic N) is 2. The fourth-order valence-electron chi connectivity index (χ4n) is 4.67. The van der Waals surface area contributed by atoms with Crippen molar-refractivity contribution in [1.82, 2.24) is 5.32 Å². The Hall–Kier alpha value is -3.61. The number of rotatable bonds is 3. The number of benzene rings is 2. The summed E-state index contributed by atoms with van der Waals surface area (Å²) in [5.74, 6) is -0.421. The van der Waals surface area contributed by atoms with Crippen molar-refractivity contribution < 1.29 is 19.1 Å². The number of aryl methyl sites for hydroxylation is 1. The lowest BCUT2D eigenvalue weighted by Gasteiger charge is -2.45. The Morgan fingerprint density at radius 3 is 2.42 bits per heavy atom. The van der Waals surface area contributed by atoms with Crippen LogP contribution in [0.3, 0.4) is 0 Å². The van der Waals surface area contributed by atoms with E-state index < -0.39 is 17.8 Å². The minimum atomic E-state index is -0.771. The monoisotopic (exact) mass is 447 g/mol. The van der Waals surface area contributed by atoms with Crippen LogP contribution in [0, 0.1) is 6.92 Å². The molecule has 172 valence electrons. The lowest BCUT2D eigenvalue weighted by Crippen LogP contribution is -2.54. The van der Waals surface area contributed by atoms with Gasteiger partial charge in [0.2, 0.25) is 0 Å². The molecule has 7 heteroatoms. The Kier molecular flexibility index (Phi) is 5.52. The Morgan fingerprint density at radius 2 is 1.79 bits per heavy atom. The number of methoxy groups -OCH3 is 1. The van der Waals surface area contributed by atoms with E-state index in [4.69, 9.17) is 4.74 Å². The third kappa shape index (κ3) is 3.88. The van der Waals surface area contributed by atoms with E-state index in [1.807, 2.05) is 6.92 Å². The van der Waals surface area contributed by atoms with Crippen molar-refractivity contribution in [2.75, 3.05) is 24.0 Å². The Morgan fingerprint density at radius 1 is 1.12 bits per heavy atom. The highest BCUT2D eigenvalue weighted by Gasteiger charge is 2.38. The number of amides is 4. The third-order valence-electron chi connectivity index (χ3n) is 6.75. The zero-order chi connectivity index (χ0) is 24.1. The van der Waals surface area contributed by atoms with Gasteiger partial charge in [0.25, 0.3) is 11.8 Å². The van der Waals surface area contributed by atoms with Gasteiger partial charge in [-0.1, -0.05) is 6.92 Å². The zero-order valence-corrected chi connectivity index (χ0v) is 19.9. The van der Waals surface area contributed by atoms with Gasteiger partial charge in [0.05, 0.1) is 12.8 Å². The molecule has 7 nitrogen and oxygen atoms in total. The van der Waals surface area contributed by atoms with Crippen LogP contribution in [0.1, 0.15) is 49.8 Å². The van der Waals surface area contributed by atoms with Gasteiger partial charge in [-0.15, -0.1) is 0 Å². The van der Waals surface area contributed by atoms with Crippen molar-refractivity contribution >= 4 is 35.3 Å². The number of barbiturate groups is 1. The van der Waals surface area contributed by atoms with Gasteiger partial charge in [-0.25, -0.2) is 9.69 Å². The number of imide groups is 2. The lowest BCUT2D eigenvalue weighted by atomic mass is 9.79. The Balaban J connectivity index is 1.75. The van der Waals surface area contributed by atoms with Crippen LogP contribution in [0.25, 0.3) is 6.08 Å². The molecule has 1 saturated heterocycles. The van der Waals surface area contributed by atoms with Crippen LogP contribution in [0.2, 0.25) is 0 Å². The van der Waals surface area contributed by atoms with Crippen molar-refractivity contribution in [3.63, 3.8) is 0 Å². The van der Waals surface area contributed by atoms with Gasteiger partial charge in [0, 0.05) is 18.3 Å². The molecule has 4 rings (SSSR count). The van der Waals surface area contributed by atoms with Crippen molar-refractivity contribution in [3.05, 3.63) is 58.7 Å². The Bertz CT molecular complexity index is 1180. The average Bonchev–Trinajstić information content (AvgIpc) is 2.75. The van der Waals surface area contributed by atoms with Crippen LogP contribution >= 0.6 is 0 Å². The second kappa shape index (κ2) is 8.06. The largest absolute Gasteiger partial charge is 0.497 e. The summed E-state index contributed by atoms with van der Waals surface area (Å²) in [4.78, 5) is 41.6. The molecule has 0 radical (unpaired) electrons. The molecule has 2 aliphatic rings. The summed E-state index contributed by atoms with van der Waals surface area (Å²) < 4.78 is 5.14. The van der Waals surface area contributed by atoms with Gasteiger partial charge in [-0.3, -0.25) is 14.9 Å². The molecule has 2 aromatic rings. The molecule has 33 heavy (non-hydrogen) atoms. The quantitative estimate of drug-likeness (QED) is 0.558. The van der Waals surface area contributed by atoms with E-state index in [-0.39, 0.29) is 11.1 Å². The summed E-state index contributed by atoms with van der Waals surface area (Å²) in [6.07, 6.45) is 2.58. The first kappa shape index (κ1) is 22.6. The highest BCUT2D eigenvalue weighted by molar-refractivity contribution is 6.39. The molecule has 0 saturated carbocycles. The summed E-state index contributed by atoms with van der Waals surface area (Å²) in [6, 6.07) is 9.91. The molecule has 2 aliphatic heterocycles. The second-order valence-electron chi connectivity index (χ2n) is 9.40. The number of fused-ring (bicyclic) bond motifs is 1. The second-order valence-corrected chi connectivity index (χ2v) is 9.40. The maximum atomic E-state index is 13.2. The van der Waals surface area contributed by atoms with Crippen molar-refractivity contribution in [2.24, 2.45) is 0 Å². The number of carbonyl (C=O) groups excluding carboxylic acids is 3. The minimum absolute atomic E-state index is 0.0390. The van der Waals surface area contributed by atoms with Gasteiger partial charge < -0.3 is 9.64 Å². The molecule has 0 spiro atoms. The van der Waals surface area contributed by atoms with Gasteiger partial charge in [-0.05, 0) is 92.3 Å². The number of ether oxygens (including phenoxy) is 1. The molecule has 1 N–H and O–H groups in total. The van der Waals surface area contributed by atoms with Crippen molar-refractivity contribution in [1.29, 1.82) is 0 Å². The van der Waals surface area contributed by atoms with Crippen LogP contribution in [0.4, 0.5) is 16.2 Å². The molecular formula is C26H29N3O4. The standard InChI is InChI=1S/C26H29N3O4/c1-15-11-22-20(16(2)14-26(3,4)28(22)5)12-17(15)13-21-23(30)27-25(32)29(24(21)31)18-7-9-19(33-6)10-8-18/h7-13,16H,14H2,1-6H3,(H,27,30,32)/b21-13-. The summed E-state index contributed by atoms with van der Waals surface area (Å²) in [5.41, 5.74) is 4.40. The van der Waals surface area contributed by atoms with E-state index in [0.29, 0.717) is 17.4 Å². The summed E-state index contributed by atoms with van der Waals surface area (Å²) in [6.45, 7) is 8.62. The molecule has 0 aromatic heterocycles. The van der Waals surface area contributed by atoms with Crippen molar-refractivity contribution in [3.8, 4) is 5.75 Å². The summed E-state index contributed by atoms with van der Waals surface area (Å²) >= 11 is 0. The maximum Gasteiger partial charge on any atom is 0.335 e. The van der Waals surface area contributed by atoms with Gasteiger partial charge in [0.15, 0.2) is 0 Å². The van der Waals surface area contributed by atoms with Crippen LogP contribution in [-0.2, 0) is 9.59 Å². The smallest absolute Gasteiger partial charge is 0.335 e. The summed E-state index contributed by atoms with van der Waals surface area (Å²) in [7, 11) is 3.63. The van der Waals surface area contributed by atoms with Crippen LogP contribution in [0.5, 0.6) is 5.75 Å². The highest BCUT2D eigenvalue weighted by atomic mass is 16.5. The predicted molar refractivity (Wildman–Crippen MR) is 129 cm³/mol. The first-order valence-electron chi connectivity index (χ1n) is 11.0. The minimum Gasteiger partial charge on any atom is -0.497 e. The van der Waals surface area contributed by atoms with E-state index in [1.165, 1.54) is 12.7 Å². The number of carbonyl (C=O) groups is 3. The maximum absolute atomic E-state index is 13.2. The SMILES string of the molecule is COc1ccc(N2C(=O)NC(=O)/C(=C/c3cc4c(cc3C)N(C)C(C)(C)CC4C)C2=O)cc1. The van der Waals surface area contributed by atoms with E-state index in [2.05, 4.69) is 50.2 Å². The number of nitrogens with one attached hydrogen (secondary N) is 1. The molecule has 0 bridgehead atoms. The van der Waals surface area contributed by atoms with Crippen molar-refractivity contribution in [2.45, 2.75) is 45.6 Å². The fourth-order valence-corrected chi connectivity index (χ4v) is 4.67. The first-order valence-corrected chi connectivity index (χ1v) is 11.0. The van der Waals surface area contributed by atoms with Gasteiger partial charge in [-0.2, -0.15) is 0 Å². The van der Waals surface area contributed by atoms with E-state index in [1.54, 1.807) is 30.3 Å². The third-order valence-corrected chi connectivity index (χ3v) is 6.75. The first-order chi connectivity index (χ1) is 15.5. The molecule has 1 atom stereocenters. The van der Waals surface area contributed by atoms with Crippen LogP contribution in [0.15, 0.2) is 42.0 Å². The van der Waals surface area contributed by atoms with Gasteiger partial charge >= 0.3 is 6.03 Å². The average molecular weight is 448 g/mol. The molecule has 1 unspecified atom stereocenters. The molecular weight excluding hydrogens is 418 g/mol. The highest BCUT2D eigenvalue weighted by Crippen LogP contribution is 2.43. The lowest BCUT2D eigenvalue weighted by molar-refractivity contribution is -0.122. The Labute approximate surface area is 194 Å². The number of anilines is 2. The van der Waals surface area contributed by atoms with E-state index >= 15 is 0 Å². The zero-order valence-electron chi connectivity index (χ0n) is 19.9. The van der Waals surface area contributed by atoms with Crippen LogP contribution in [-0.4, -0.2) is 37.5 Å². The molecule has 1 fully saturated rings. The number of hydrogen-bond acceptors (Lipinski definition) is 5. The summed E-state index contributed by atoms with van der Waals surface area (Å²) in [5, 5.41) is 2.29. The molecule has 0 aliphatic carbocycles. The number of hydrogen-bond donors (Lipinski definition) is 1. The van der Waals surface area contributed by atoms with E-state index in [9.17, 15) is 14.4 Å². The number of urea groups is 1. The topological polar surface area (TPSA) is 79.0 Å². The van der Waals surface area contributed by atoms with Crippen LogP contribution < -0.4 is 19.9 Å². The van der Waals surface area contributed by atoms with E-state index in [0.717, 1.165) is 28.1 Å². The normalized spacial score (nSPS) is 21.2. The van der Waals surface area contributed by atoms with Gasteiger partial charge in [0.1, 0.15) is 11.3 Å². The molecule has 2 aromatic carbocycles. The molecule has 4 amide bonds. The predicted octanol–water partition coefficient (Wildman–Crippen LogP) is 4.39. The fraction of sp³-hybridized carbons (Fsp3) is 0.346.